The zero-order valence-corrected chi connectivity index (χ0v) is 11.6. The number of aliphatic carboxylic acids is 1. The van der Waals surface area contributed by atoms with Crippen molar-refractivity contribution in [1.29, 1.82) is 0 Å². The van der Waals surface area contributed by atoms with E-state index in [0.29, 0.717) is 19.8 Å². The maximum Gasteiger partial charge on any atom is 0.334 e. The first-order valence-electron chi connectivity index (χ1n) is 5.97. The lowest BCUT2D eigenvalue weighted by molar-refractivity contribution is -0.147. The van der Waals surface area contributed by atoms with E-state index in [-0.39, 0.29) is 6.54 Å². The van der Waals surface area contributed by atoms with Gasteiger partial charge in [0, 0.05) is 20.2 Å². The van der Waals surface area contributed by atoms with Gasteiger partial charge in [0.25, 0.3) is 0 Å². The maximum absolute atomic E-state index is 11.3. The number of nitrogens with zero attached hydrogens (tertiary/aromatic N) is 1. The Balaban J connectivity index is 3.52. The Morgan fingerprint density at radius 2 is 1.95 bits per heavy atom. The summed E-state index contributed by atoms with van der Waals surface area (Å²) in [7, 11) is 5.17. The molecule has 0 fully saturated rings. The third kappa shape index (κ3) is 10.2. The van der Waals surface area contributed by atoms with E-state index >= 15 is 0 Å². The molecule has 0 bridgehead atoms. The molecule has 2 amide bonds. The van der Waals surface area contributed by atoms with Crippen molar-refractivity contribution in [3.63, 3.8) is 0 Å². The normalized spacial score (nSPS) is 12.2. The second-order valence-electron chi connectivity index (χ2n) is 4.12. The molecule has 0 aliphatic rings. The molecule has 1 atom stereocenters. The highest BCUT2D eigenvalue weighted by atomic mass is 16.5. The van der Waals surface area contributed by atoms with Crippen molar-refractivity contribution >= 4 is 12.0 Å². The Morgan fingerprint density at radius 3 is 2.47 bits per heavy atom. The number of methoxy groups -OCH3 is 1. The zero-order chi connectivity index (χ0) is 14.7. The first-order valence-corrected chi connectivity index (χ1v) is 5.97. The minimum atomic E-state index is -1.12. The third-order valence-electron chi connectivity index (χ3n) is 2.22. The van der Waals surface area contributed by atoms with Crippen molar-refractivity contribution in [2.24, 2.45) is 0 Å². The van der Waals surface area contributed by atoms with Crippen LogP contribution < -0.4 is 10.6 Å². The van der Waals surface area contributed by atoms with E-state index in [9.17, 15) is 9.59 Å². The standard InChI is InChI=1S/C11H23N3O5/c1-14(2)5-7-19-6-4-12-11(17)13-8-9(18-3)10(15)16/h9H,4-8H2,1-3H3,(H,15,16)(H2,12,13,17). The van der Waals surface area contributed by atoms with Gasteiger partial charge in [0.1, 0.15) is 0 Å². The Morgan fingerprint density at radius 1 is 1.26 bits per heavy atom. The molecule has 0 radical (unpaired) electrons. The van der Waals surface area contributed by atoms with Gasteiger partial charge in [-0.05, 0) is 14.1 Å². The Bertz CT molecular complexity index is 273. The van der Waals surface area contributed by atoms with Crippen molar-refractivity contribution < 1.29 is 24.2 Å². The number of rotatable bonds is 10. The number of hydrogen-bond acceptors (Lipinski definition) is 5. The number of nitrogens with one attached hydrogen (secondary N) is 2. The SMILES string of the molecule is COC(CNC(=O)NCCOCCN(C)C)C(=O)O. The molecule has 0 saturated heterocycles. The smallest absolute Gasteiger partial charge is 0.334 e. The minimum Gasteiger partial charge on any atom is -0.479 e. The van der Waals surface area contributed by atoms with Crippen LogP contribution in [0.5, 0.6) is 0 Å². The van der Waals surface area contributed by atoms with Crippen LogP contribution in [0.2, 0.25) is 0 Å². The molecule has 19 heavy (non-hydrogen) atoms. The van der Waals surface area contributed by atoms with E-state index in [1.807, 2.05) is 19.0 Å². The number of urea groups is 1. The first kappa shape index (κ1) is 17.6. The van der Waals surface area contributed by atoms with Gasteiger partial charge in [-0.25, -0.2) is 9.59 Å². The summed E-state index contributed by atoms with van der Waals surface area (Å²) in [6, 6.07) is -0.445. The fraction of sp³-hybridized carbons (Fsp3) is 0.818. The highest BCUT2D eigenvalue weighted by molar-refractivity contribution is 5.76. The van der Waals surface area contributed by atoms with Gasteiger partial charge in [0.2, 0.25) is 0 Å². The van der Waals surface area contributed by atoms with Gasteiger partial charge in [-0.15, -0.1) is 0 Å². The average molecular weight is 277 g/mol. The monoisotopic (exact) mass is 277 g/mol. The number of hydrogen-bond donors (Lipinski definition) is 3. The second-order valence-corrected chi connectivity index (χ2v) is 4.12. The van der Waals surface area contributed by atoms with Gasteiger partial charge in [-0.3, -0.25) is 0 Å². The third-order valence-corrected chi connectivity index (χ3v) is 2.22. The number of ether oxygens (including phenoxy) is 2. The molecule has 0 saturated carbocycles. The number of carbonyl (C=O) groups excluding carboxylic acids is 1. The largest absolute Gasteiger partial charge is 0.479 e. The molecule has 8 nitrogen and oxygen atoms in total. The van der Waals surface area contributed by atoms with Gasteiger partial charge < -0.3 is 30.1 Å². The lowest BCUT2D eigenvalue weighted by Crippen LogP contribution is -2.43. The van der Waals surface area contributed by atoms with Gasteiger partial charge in [0.05, 0.1) is 19.8 Å². The lowest BCUT2D eigenvalue weighted by Gasteiger charge is -2.13. The fourth-order valence-corrected chi connectivity index (χ4v) is 1.11. The molecular weight excluding hydrogens is 254 g/mol. The zero-order valence-electron chi connectivity index (χ0n) is 11.6. The molecule has 0 aliphatic carbocycles. The van der Waals surface area contributed by atoms with E-state index in [1.54, 1.807) is 0 Å². The predicted octanol–water partition coefficient (Wildman–Crippen LogP) is -1.04. The molecule has 0 heterocycles. The Kier molecular flexibility index (Phi) is 9.77. The number of amides is 2. The van der Waals surface area contributed by atoms with E-state index in [4.69, 9.17) is 9.84 Å². The van der Waals surface area contributed by atoms with Crippen LogP contribution in [0.4, 0.5) is 4.79 Å². The van der Waals surface area contributed by atoms with Crippen LogP contribution in [0.1, 0.15) is 0 Å². The van der Waals surface area contributed by atoms with Gasteiger partial charge in [-0.2, -0.15) is 0 Å². The Labute approximate surface area is 113 Å². The summed E-state index contributed by atoms with van der Waals surface area (Å²) in [5, 5.41) is 13.6. The molecular formula is C11H23N3O5. The lowest BCUT2D eigenvalue weighted by atomic mass is 10.3. The molecule has 8 heteroatoms. The summed E-state index contributed by atoms with van der Waals surface area (Å²) < 4.78 is 9.95. The number of carbonyl (C=O) groups is 2. The molecule has 3 N–H and O–H groups in total. The van der Waals surface area contributed by atoms with E-state index < -0.39 is 18.1 Å². The van der Waals surface area contributed by atoms with Crippen LogP contribution in [0.25, 0.3) is 0 Å². The first-order chi connectivity index (χ1) is 8.97. The number of carboxylic acid groups (broad SMARTS) is 1. The van der Waals surface area contributed by atoms with Gasteiger partial charge >= 0.3 is 12.0 Å². The summed E-state index contributed by atoms with van der Waals surface area (Å²) in [6.45, 7) is 2.11. The Hall–Kier alpha value is -1.38. The highest BCUT2D eigenvalue weighted by Gasteiger charge is 2.16. The molecule has 1 unspecified atom stereocenters. The number of carboxylic acids is 1. The molecule has 0 aromatic heterocycles. The average Bonchev–Trinajstić information content (AvgIpc) is 2.33. The fourth-order valence-electron chi connectivity index (χ4n) is 1.11. The summed E-state index contributed by atoms with van der Waals surface area (Å²) in [6.07, 6.45) is -1.04. The molecule has 0 aromatic rings. The molecule has 0 aromatic carbocycles. The van der Waals surface area contributed by atoms with Crippen LogP contribution in [-0.2, 0) is 14.3 Å². The predicted molar refractivity (Wildman–Crippen MR) is 69.2 cm³/mol. The van der Waals surface area contributed by atoms with Crippen LogP contribution in [0.15, 0.2) is 0 Å². The summed E-state index contributed by atoms with van der Waals surface area (Å²) in [5.41, 5.74) is 0. The minimum absolute atomic E-state index is 0.0842. The van der Waals surface area contributed by atoms with Crippen LogP contribution in [0.3, 0.4) is 0 Å². The molecule has 0 aliphatic heterocycles. The summed E-state index contributed by atoms with van der Waals surface area (Å²) >= 11 is 0. The van der Waals surface area contributed by atoms with Crippen LogP contribution in [-0.4, -0.2) is 82.2 Å². The van der Waals surface area contributed by atoms with Crippen LogP contribution in [0, 0.1) is 0 Å². The van der Waals surface area contributed by atoms with Crippen molar-refractivity contribution in [2.75, 3.05) is 54.1 Å². The van der Waals surface area contributed by atoms with E-state index in [0.717, 1.165) is 6.54 Å². The van der Waals surface area contributed by atoms with Gasteiger partial charge in [-0.1, -0.05) is 0 Å². The van der Waals surface area contributed by atoms with Crippen molar-refractivity contribution in [3.05, 3.63) is 0 Å². The van der Waals surface area contributed by atoms with E-state index in [1.165, 1.54) is 7.11 Å². The number of likely N-dealkylation sites (N-methyl/N-ethyl adjacent to an activating group) is 1. The van der Waals surface area contributed by atoms with Crippen molar-refractivity contribution in [1.82, 2.24) is 15.5 Å². The maximum atomic E-state index is 11.3. The highest BCUT2D eigenvalue weighted by Crippen LogP contribution is 1.87. The molecule has 0 rings (SSSR count). The van der Waals surface area contributed by atoms with Crippen molar-refractivity contribution in [3.8, 4) is 0 Å². The van der Waals surface area contributed by atoms with Gasteiger partial charge in [0.15, 0.2) is 6.10 Å². The van der Waals surface area contributed by atoms with E-state index in [2.05, 4.69) is 15.4 Å². The topological polar surface area (TPSA) is 100 Å². The second kappa shape index (κ2) is 10.5. The van der Waals surface area contributed by atoms with Crippen molar-refractivity contribution in [2.45, 2.75) is 6.10 Å². The summed E-state index contributed by atoms with van der Waals surface area (Å²) in [5.74, 6) is -1.12. The molecule has 0 spiro atoms. The quantitative estimate of drug-likeness (QED) is 0.441. The molecule has 112 valence electrons. The summed E-state index contributed by atoms with van der Waals surface area (Å²) in [4.78, 5) is 23.9. The van der Waals surface area contributed by atoms with Crippen LogP contribution >= 0.6 is 0 Å².